The van der Waals surface area contributed by atoms with Crippen LogP contribution in [0.25, 0.3) is 10.1 Å². The number of ether oxygens (including phenoxy) is 1. The molecule has 1 atom stereocenters. The summed E-state index contributed by atoms with van der Waals surface area (Å²) in [5, 5.41) is 8.27. The van der Waals surface area contributed by atoms with Crippen molar-refractivity contribution in [1.29, 1.82) is 0 Å². The highest BCUT2D eigenvalue weighted by Crippen LogP contribution is 2.30. The van der Waals surface area contributed by atoms with Crippen molar-refractivity contribution in [2.24, 2.45) is 5.92 Å². The molecule has 3 aromatic rings. The number of nitrogens with one attached hydrogen (secondary N) is 2. The zero-order valence-electron chi connectivity index (χ0n) is 17.4. The molecule has 5 nitrogen and oxygen atoms in total. The maximum absolute atomic E-state index is 12.4. The first kappa shape index (κ1) is 20.8. The average molecular weight is 424 g/mol. The zero-order chi connectivity index (χ0) is 20.8. The minimum atomic E-state index is -0.517. The Hall–Kier alpha value is -2.44. The second-order valence-corrected chi connectivity index (χ2v) is 9.24. The van der Waals surface area contributed by atoms with Crippen molar-refractivity contribution in [1.82, 2.24) is 10.3 Å². The molecule has 0 radical (unpaired) electrons. The van der Waals surface area contributed by atoms with Gasteiger partial charge in [-0.05, 0) is 42.8 Å². The van der Waals surface area contributed by atoms with E-state index in [4.69, 9.17) is 4.74 Å². The second-order valence-electron chi connectivity index (χ2n) is 8.15. The maximum atomic E-state index is 12.4. The molecule has 6 heteroatoms. The number of hydrogen-bond acceptors (Lipinski definition) is 5. The highest BCUT2D eigenvalue weighted by atomic mass is 32.1. The average Bonchev–Trinajstić information content (AvgIpc) is 3.16. The standard InChI is InChI=1S/C24H29N3O2S/c1-17(14-18-8-3-2-4-9-18)26-16-20-11-7-13-25-23(20)29-24(28)27-22-15-19-10-5-6-12-21(19)30-22/h5-7,10-13,15,17-18,26H,2-4,8-9,14,16H2,1H3,(H,27,28). The lowest BCUT2D eigenvalue weighted by Crippen LogP contribution is -2.29. The summed E-state index contributed by atoms with van der Waals surface area (Å²) >= 11 is 1.53. The molecule has 0 aliphatic heterocycles. The maximum Gasteiger partial charge on any atom is 0.419 e. The lowest BCUT2D eigenvalue weighted by molar-refractivity contribution is 0.212. The van der Waals surface area contributed by atoms with Crippen molar-refractivity contribution in [2.45, 2.75) is 58.0 Å². The largest absolute Gasteiger partial charge is 0.419 e. The third kappa shape index (κ3) is 5.58. The number of thiophene rings is 1. The molecular formula is C24H29N3O2S. The van der Waals surface area contributed by atoms with Crippen LogP contribution in [-0.4, -0.2) is 17.1 Å². The Morgan fingerprint density at radius 1 is 1.20 bits per heavy atom. The van der Waals surface area contributed by atoms with Gasteiger partial charge in [0.15, 0.2) is 0 Å². The van der Waals surface area contributed by atoms with E-state index in [2.05, 4.69) is 22.5 Å². The Labute approximate surface area is 181 Å². The molecule has 2 N–H and O–H groups in total. The summed E-state index contributed by atoms with van der Waals surface area (Å²) in [5.41, 5.74) is 0.888. The summed E-state index contributed by atoms with van der Waals surface area (Å²) in [6.07, 6.45) is 9.16. The van der Waals surface area contributed by atoms with Gasteiger partial charge in [0.05, 0.1) is 5.00 Å². The van der Waals surface area contributed by atoms with E-state index in [-0.39, 0.29) is 0 Å². The Morgan fingerprint density at radius 2 is 2.03 bits per heavy atom. The molecule has 30 heavy (non-hydrogen) atoms. The van der Waals surface area contributed by atoms with E-state index < -0.39 is 6.09 Å². The summed E-state index contributed by atoms with van der Waals surface area (Å²) < 4.78 is 6.66. The molecule has 1 saturated carbocycles. The predicted molar refractivity (Wildman–Crippen MR) is 123 cm³/mol. The molecule has 0 saturated heterocycles. The summed E-state index contributed by atoms with van der Waals surface area (Å²) in [6.45, 7) is 2.87. The van der Waals surface area contributed by atoms with Gasteiger partial charge in [0.2, 0.25) is 5.88 Å². The lowest BCUT2D eigenvalue weighted by atomic mass is 9.85. The number of fused-ring (bicyclic) bond motifs is 1. The van der Waals surface area contributed by atoms with Gasteiger partial charge in [0.1, 0.15) is 0 Å². The lowest BCUT2D eigenvalue weighted by Gasteiger charge is -2.25. The number of benzene rings is 1. The van der Waals surface area contributed by atoms with Crippen molar-refractivity contribution in [2.75, 3.05) is 5.32 Å². The van der Waals surface area contributed by atoms with E-state index >= 15 is 0 Å². The molecule has 1 fully saturated rings. The molecular weight excluding hydrogens is 394 g/mol. The quantitative estimate of drug-likeness (QED) is 0.464. The number of pyridine rings is 1. The van der Waals surface area contributed by atoms with E-state index in [0.717, 1.165) is 26.6 Å². The van der Waals surface area contributed by atoms with Gasteiger partial charge in [-0.2, -0.15) is 0 Å². The number of carbonyl (C=O) groups excluding carboxylic acids is 1. The number of nitrogens with zero attached hydrogens (tertiary/aromatic N) is 1. The molecule has 2 aromatic heterocycles. The van der Waals surface area contributed by atoms with Gasteiger partial charge in [-0.3, -0.25) is 5.32 Å². The topological polar surface area (TPSA) is 63.3 Å². The summed E-state index contributed by atoms with van der Waals surface area (Å²) in [7, 11) is 0. The van der Waals surface area contributed by atoms with Gasteiger partial charge < -0.3 is 10.1 Å². The number of amides is 1. The molecule has 0 spiro atoms. The zero-order valence-corrected chi connectivity index (χ0v) is 18.2. The molecule has 1 amide bonds. The van der Waals surface area contributed by atoms with E-state index in [9.17, 15) is 4.79 Å². The van der Waals surface area contributed by atoms with E-state index in [1.165, 1.54) is 49.9 Å². The second kappa shape index (κ2) is 10.0. The number of hydrogen-bond donors (Lipinski definition) is 2. The Bertz CT molecular complexity index is 948. The Balaban J connectivity index is 1.32. The molecule has 158 valence electrons. The third-order valence-corrected chi connectivity index (χ3v) is 6.77. The Kier molecular flexibility index (Phi) is 6.97. The van der Waals surface area contributed by atoms with E-state index in [1.807, 2.05) is 42.5 Å². The monoisotopic (exact) mass is 423 g/mol. The van der Waals surface area contributed by atoms with Crippen LogP contribution in [0.15, 0.2) is 48.7 Å². The molecule has 1 aliphatic rings. The third-order valence-electron chi connectivity index (χ3n) is 5.74. The summed E-state index contributed by atoms with van der Waals surface area (Å²) in [5.74, 6) is 1.19. The minimum Gasteiger partial charge on any atom is -0.391 e. The van der Waals surface area contributed by atoms with E-state index in [1.54, 1.807) is 6.20 Å². The number of aromatic nitrogens is 1. The first-order chi connectivity index (χ1) is 14.7. The molecule has 4 rings (SSSR count). The fourth-order valence-corrected chi connectivity index (χ4v) is 5.15. The van der Waals surface area contributed by atoms with Crippen LogP contribution in [0.3, 0.4) is 0 Å². The van der Waals surface area contributed by atoms with Crippen LogP contribution in [0.4, 0.5) is 9.80 Å². The van der Waals surface area contributed by atoms with Crippen LogP contribution in [0.2, 0.25) is 0 Å². The predicted octanol–water partition coefficient (Wildman–Crippen LogP) is 6.36. The van der Waals surface area contributed by atoms with Gasteiger partial charge in [-0.1, -0.05) is 56.4 Å². The van der Waals surface area contributed by atoms with Crippen LogP contribution in [0.1, 0.15) is 51.0 Å². The smallest absolute Gasteiger partial charge is 0.391 e. The van der Waals surface area contributed by atoms with Gasteiger partial charge in [-0.25, -0.2) is 9.78 Å². The highest BCUT2D eigenvalue weighted by molar-refractivity contribution is 7.22. The molecule has 0 bridgehead atoms. The SMILES string of the molecule is CC(CC1CCCCC1)NCc1cccnc1OC(=O)Nc1cc2ccccc2s1. The van der Waals surface area contributed by atoms with E-state index in [0.29, 0.717) is 18.5 Å². The number of rotatable bonds is 7. The summed E-state index contributed by atoms with van der Waals surface area (Å²) in [6, 6.07) is 14.2. The van der Waals surface area contributed by atoms with Crippen LogP contribution in [0.5, 0.6) is 5.88 Å². The first-order valence-electron chi connectivity index (χ1n) is 10.8. The van der Waals surface area contributed by atoms with Gasteiger partial charge in [0.25, 0.3) is 0 Å². The van der Waals surface area contributed by atoms with Crippen molar-refractivity contribution in [3.8, 4) is 5.88 Å². The highest BCUT2D eigenvalue weighted by Gasteiger charge is 2.17. The van der Waals surface area contributed by atoms with Crippen molar-refractivity contribution in [3.63, 3.8) is 0 Å². The van der Waals surface area contributed by atoms with Gasteiger partial charge in [0, 0.05) is 29.0 Å². The molecule has 1 aliphatic carbocycles. The van der Waals surface area contributed by atoms with Crippen molar-refractivity contribution < 1.29 is 9.53 Å². The van der Waals surface area contributed by atoms with Crippen LogP contribution >= 0.6 is 11.3 Å². The normalized spacial score (nSPS) is 15.8. The minimum absolute atomic E-state index is 0.355. The number of anilines is 1. The molecule has 1 unspecified atom stereocenters. The van der Waals surface area contributed by atoms with Crippen LogP contribution < -0.4 is 15.4 Å². The van der Waals surface area contributed by atoms with Crippen LogP contribution in [-0.2, 0) is 6.54 Å². The first-order valence-corrected chi connectivity index (χ1v) is 11.6. The van der Waals surface area contributed by atoms with Crippen molar-refractivity contribution >= 4 is 32.5 Å². The summed E-state index contributed by atoms with van der Waals surface area (Å²) in [4.78, 5) is 16.7. The van der Waals surface area contributed by atoms with Crippen LogP contribution in [0, 0.1) is 5.92 Å². The number of carbonyl (C=O) groups is 1. The van der Waals surface area contributed by atoms with Gasteiger partial charge in [-0.15, -0.1) is 11.3 Å². The Morgan fingerprint density at radius 3 is 2.87 bits per heavy atom. The van der Waals surface area contributed by atoms with Gasteiger partial charge >= 0.3 is 6.09 Å². The molecule has 1 aromatic carbocycles. The fraction of sp³-hybridized carbons (Fsp3) is 0.417. The fourth-order valence-electron chi connectivity index (χ4n) is 4.20. The van der Waals surface area contributed by atoms with Crippen molar-refractivity contribution in [3.05, 3.63) is 54.2 Å². The molecule has 2 heterocycles.